The molecule has 2 aliphatic rings. The minimum Gasteiger partial charge on any atom is -0.379 e. The monoisotopic (exact) mass is 169 g/mol. The van der Waals surface area contributed by atoms with Gasteiger partial charge in [0.05, 0.1) is 13.2 Å². The predicted molar refractivity (Wildman–Crippen MR) is 47.2 cm³/mol. The summed E-state index contributed by atoms with van der Waals surface area (Å²) in [7, 11) is 0. The molecule has 2 aliphatic heterocycles. The van der Waals surface area contributed by atoms with Crippen molar-refractivity contribution in [2.75, 3.05) is 32.8 Å². The van der Waals surface area contributed by atoms with Gasteiger partial charge in [-0.3, -0.25) is 0 Å². The van der Waals surface area contributed by atoms with Crippen LogP contribution in [0.4, 0.5) is 0 Å². The summed E-state index contributed by atoms with van der Waals surface area (Å²) in [4.78, 5) is 0. The van der Waals surface area contributed by atoms with E-state index >= 15 is 0 Å². The number of hydrogen-bond donors (Lipinski definition) is 0. The molecule has 0 amide bonds. The van der Waals surface area contributed by atoms with Gasteiger partial charge in [-0.05, 0) is 12.8 Å². The van der Waals surface area contributed by atoms with E-state index in [0.29, 0.717) is 0 Å². The normalized spacial score (nSPS) is 29.0. The number of piperidine rings is 1. The first-order chi connectivity index (χ1) is 5.97. The van der Waals surface area contributed by atoms with Gasteiger partial charge in [0.1, 0.15) is 0 Å². The molecule has 2 saturated heterocycles. The summed E-state index contributed by atoms with van der Waals surface area (Å²) in [6, 6.07) is 0. The molecular weight excluding hydrogens is 152 g/mol. The van der Waals surface area contributed by atoms with Crippen molar-refractivity contribution in [1.82, 2.24) is 10.0 Å². The van der Waals surface area contributed by atoms with Gasteiger partial charge in [-0.2, -0.15) is 0 Å². The van der Waals surface area contributed by atoms with Gasteiger partial charge in [-0.1, -0.05) is 6.42 Å². The number of rotatable bonds is 1. The molecule has 0 aromatic carbocycles. The van der Waals surface area contributed by atoms with E-state index < -0.39 is 0 Å². The second-order valence-electron chi connectivity index (χ2n) is 3.41. The second kappa shape index (κ2) is 4.21. The lowest BCUT2D eigenvalue weighted by molar-refractivity contribution is -0.0806. The van der Waals surface area contributed by atoms with Crippen LogP contribution in [0.15, 0.2) is 0 Å². The fourth-order valence-electron chi connectivity index (χ4n) is 1.82. The average molecular weight is 169 g/mol. The number of ether oxygens (including phenoxy) is 1. The minimum atomic E-state index is 0.893. The van der Waals surface area contributed by atoms with E-state index in [1.54, 1.807) is 0 Å². The van der Waals surface area contributed by atoms with Crippen molar-refractivity contribution in [2.45, 2.75) is 19.3 Å². The molecule has 0 N–H and O–H groups in total. The van der Waals surface area contributed by atoms with Crippen LogP contribution in [0, 0.1) is 6.54 Å². The first-order valence-corrected chi connectivity index (χ1v) is 4.89. The Kier molecular flexibility index (Phi) is 2.98. The van der Waals surface area contributed by atoms with Crippen LogP contribution >= 0.6 is 0 Å². The molecule has 0 aliphatic carbocycles. The van der Waals surface area contributed by atoms with Gasteiger partial charge in [0.15, 0.2) is 0 Å². The highest BCUT2D eigenvalue weighted by molar-refractivity contribution is 4.74. The van der Waals surface area contributed by atoms with E-state index in [1.165, 1.54) is 25.8 Å². The SMILES string of the molecule is [CH]1CCCCN1N1CCOCC1. The molecule has 0 unspecified atom stereocenters. The number of morpholine rings is 1. The number of nitrogens with zero attached hydrogens (tertiary/aromatic N) is 2. The maximum absolute atomic E-state index is 5.31. The van der Waals surface area contributed by atoms with Crippen LogP contribution < -0.4 is 0 Å². The summed E-state index contributed by atoms with van der Waals surface area (Å²) >= 11 is 0. The van der Waals surface area contributed by atoms with Crippen LogP contribution in [-0.2, 0) is 4.74 Å². The molecule has 2 heterocycles. The molecular formula is C9H17N2O. The highest BCUT2D eigenvalue weighted by Crippen LogP contribution is 2.15. The molecule has 0 spiro atoms. The molecule has 0 saturated carbocycles. The Morgan fingerprint density at radius 1 is 1.00 bits per heavy atom. The molecule has 3 nitrogen and oxygen atoms in total. The molecule has 0 aromatic heterocycles. The summed E-state index contributed by atoms with van der Waals surface area (Å²) < 4.78 is 5.31. The second-order valence-corrected chi connectivity index (χ2v) is 3.41. The maximum atomic E-state index is 5.31. The Morgan fingerprint density at radius 3 is 2.50 bits per heavy atom. The predicted octanol–water partition coefficient (Wildman–Crippen LogP) is 0.881. The lowest BCUT2D eigenvalue weighted by atomic mass is 10.2. The fourth-order valence-corrected chi connectivity index (χ4v) is 1.82. The van der Waals surface area contributed by atoms with Gasteiger partial charge in [0.2, 0.25) is 0 Å². The zero-order valence-electron chi connectivity index (χ0n) is 7.54. The van der Waals surface area contributed by atoms with Gasteiger partial charge >= 0.3 is 0 Å². The first-order valence-electron chi connectivity index (χ1n) is 4.89. The van der Waals surface area contributed by atoms with Crippen molar-refractivity contribution < 1.29 is 4.74 Å². The van der Waals surface area contributed by atoms with Gasteiger partial charge in [-0.25, -0.2) is 10.0 Å². The summed E-state index contributed by atoms with van der Waals surface area (Å²) in [6.07, 6.45) is 3.95. The van der Waals surface area contributed by atoms with Crippen LogP contribution in [0.3, 0.4) is 0 Å². The fraction of sp³-hybridized carbons (Fsp3) is 0.889. The maximum Gasteiger partial charge on any atom is 0.0608 e. The Morgan fingerprint density at radius 2 is 1.83 bits per heavy atom. The lowest BCUT2D eigenvalue weighted by Crippen LogP contribution is -2.48. The van der Waals surface area contributed by atoms with Crippen molar-refractivity contribution in [3.8, 4) is 0 Å². The summed E-state index contributed by atoms with van der Waals surface area (Å²) in [6.45, 7) is 7.45. The Labute approximate surface area is 74.3 Å². The Bertz CT molecular complexity index is 112. The third kappa shape index (κ3) is 1.97. The first kappa shape index (κ1) is 8.48. The van der Waals surface area contributed by atoms with E-state index in [2.05, 4.69) is 16.6 Å². The Balaban J connectivity index is 1.80. The summed E-state index contributed by atoms with van der Waals surface area (Å²) in [5.41, 5.74) is 0. The molecule has 3 heteroatoms. The molecule has 1 radical (unpaired) electrons. The largest absolute Gasteiger partial charge is 0.379 e. The van der Waals surface area contributed by atoms with E-state index in [1.807, 2.05) is 0 Å². The quantitative estimate of drug-likeness (QED) is 0.579. The lowest BCUT2D eigenvalue weighted by Gasteiger charge is -2.39. The number of hydrazine groups is 1. The summed E-state index contributed by atoms with van der Waals surface area (Å²) in [5, 5.41) is 4.79. The van der Waals surface area contributed by atoms with Crippen LogP contribution in [-0.4, -0.2) is 42.9 Å². The number of hydrogen-bond acceptors (Lipinski definition) is 3. The van der Waals surface area contributed by atoms with E-state index in [0.717, 1.165) is 26.3 Å². The van der Waals surface area contributed by atoms with Crippen LogP contribution in [0.2, 0.25) is 0 Å². The smallest absolute Gasteiger partial charge is 0.0608 e. The molecule has 0 aromatic rings. The van der Waals surface area contributed by atoms with Crippen molar-refractivity contribution in [1.29, 1.82) is 0 Å². The molecule has 69 valence electrons. The van der Waals surface area contributed by atoms with Crippen LogP contribution in [0.5, 0.6) is 0 Å². The zero-order chi connectivity index (χ0) is 8.23. The highest BCUT2D eigenvalue weighted by atomic mass is 16.5. The molecule has 12 heavy (non-hydrogen) atoms. The molecule has 0 bridgehead atoms. The van der Waals surface area contributed by atoms with E-state index in [9.17, 15) is 0 Å². The van der Waals surface area contributed by atoms with Gasteiger partial charge in [0, 0.05) is 26.2 Å². The highest BCUT2D eigenvalue weighted by Gasteiger charge is 2.19. The van der Waals surface area contributed by atoms with Crippen LogP contribution in [0.25, 0.3) is 0 Å². The average Bonchev–Trinajstić information content (AvgIpc) is 2.21. The molecule has 2 rings (SSSR count). The van der Waals surface area contributed by atoms with Crippen molar-refractivity contribution in [3.05, 3.63) is 6.54 Å². The molecule has 2 fully saturated rings. The standard InChI is InChI=1S/C9H17N2O/c1-2-4-10(5-3-1)11-6-8-12-9-7-11/h4H,1-3,5-9H2. The van der Waals surface area contributed by atoms with E-state index in [-0.39, 0.29) is 0 Å². The van der Waals surface area contributed by atoms with Crippen molar-refractivity contribution >= 4 is 0 Å². The van der Waals surface area contributed by atoms with E-state index in [4.69, 9.17) is 4.74 Å². The Hall–Kier alpha value is -0.120. The minimum absolute atomic E-state index is 0.893. The zero-order valence-corrected chi connectivity index (χ0v) is 7.54. The van der Waals surface area contributed by atoms with Gasteiger partial charge in [-0.15, -0.1) is 0 Å². The third-order valence-corrected chi connectivity index (χ3v) is 2.53. The summed E-state index contributed by atoms with van der Waals surface area (Å²) in [5.74, 6) is 0. The van der Waals surface area contributed by atoms with Crippen molar-refractivity contribution in [2.24, 2.45) is 0 Å². The van der Waals surface area contributed by atoms with Gasteiger partial charge in [0.25, 0.3) is 0 Å². The van der Waals surface area contributed by atoms with Gasteiger partial charge < -0.3 is 4.74 Å². The van der Waals surface area contributed by atoms with Crippen molar-refractivity contribution in [3.63, 3.8) is 0 Å². The molecule has 0 atom stereocenters. The third-order valence-electron chi connectivity index (χ3n) is 2.53. The topological polar surface area (TPSA) is 15.7 Å². The van der Waals surface area contributed by atoms with Crippen LogP contribution in [0.1, 0.15) is 19.3 Å².